The zero-order chi connectivity index (χ0) is 9.35. The van der Waals surface area contributed by atoms with Crippen molar-refractivity contribution >= 4 is 0 Å². The second kappa shape index (κ2) is 3.15. The Kier molecular flexibility index (Phi) is 2.55. The minimum absolute atomic E-state index is 0.0273. The van der Waals surface area contributed by atoms with Gasteiger partial charge in [-0.3, -0.25) is 0 Å². The Morgan fingerprint density at radius 1 is 1.33 bits per heavy atom. The SMILES string of the molecule is CC1=C(C(C)C)CCC(F)(F)C1. The maximum atomic E-state index is 12.9. The van der Waals surface area contributed by atoms with Crippen molar-refractivity contribution in [2.75, 3.05) is 0 Å². The zero-order valence-corrected chi connectivity index (χ0v) is 7.95. The molecule has 0 radical (unpaired) electrons. The first kappa shape index (κ1) is 9.69. The molecule has 1 aliphatic rings. The molecule has 0 aliphatic heterocycles. The quantitative estimate of drug-likeness (QED) is 0.531. The van der Waals surface area contributed by atoms with Gasteiger partial charge < -0.3 is 0 Å². The van der Waals surface area contributed by atoms with Gasteiger partial charge in [0.2, 0.25) is 0 Å². The molecule has 0 unspecified atom stereocenters. The molecule has 0 aromatic carbocycles. The van der Waals surface area contributed by atoms with Crippen LogP contribution in [0.3, 0.4) is 0 Å². The van der Waals surface area contributed by atoms with Crippen molar-refractivity contribution in [3.05, 3.63) is 11.1 Å². The van der Waals surface area contributed by atoms with Gasteiger partial charge in [0.05, 0.1) is 0 Å². The average Bonchev–Trinajstić information content (AvgIpc) is 1.83. The van der Waals surface area contributed by atoms with Crippen molar-refractivity contribution in [2.45, 2.75) is 46.0 Å². The average molecular weight is 174 g/mol. The summed E-state index contributed by atoms with van der Waals surface area (Å²) < 4.78 is 25.7. The maximum absolute atomic E-state index is 12.9. The van der Waals surface area contributed by atoms with Crippen molar-refractivity contribution in [1.82, 2.24) is 0 Å². The summed E-state index contributed by atoms with van der Waals surface area (Å²) in [6, 6.07) is 0. The topological polar surface area (TPSA) is 0 Å². The van der Waals surface area contributed by atoms with E-state index in [0.717, 1.165) is 5.57 Å². The second-order valence-electron chi connectivity index (χ2n) is 3.99. The van der Waals surface area contributed by atoms with Crippen molar-refractivity contribution in [3.8, 4) is 0 Å². The lowest BCUT2D eigenvalue weighted by Gasteiger charge is -2.27. The van der Waals surface area contributed by atoms with Gasteiger partial charge in [-0.25, -0.2) is 8.78 Å². The number of rotatable bonds is 1. The molecule has 0 fully saturated rings. The first-order chi connectivity index (χ1) is 5.42. The highest BCUT2D eigenvalue weighted by Gasteiger charge is 2.34. The molecule has 0 saturated carbocycles. The molecule has 1 rings (SSSR count). The Hall–Kier alpha value is -0.400. The fourth-order valence-corrected chi connectivity index (χ4v) is 1.90. The van der Waals surface area contributed by atoms with Crippen LogP contribution in [0.4, 0.5) is 8.78 Å². The first-order valence-electron chi connectivity index (χ1n) is 4.49. The van der Waals surface area contributed by atoms with Crippen LogP contribution in [-0.4, -0.2) is 5.92 Å². The van der Waals surface area contributed by atoms with Crippen LogP contribution in [0.5, 0.6) is 0 Å². The van der Waals surface area contributed by atoms with Crippen LogP contribution in [0.1, 0.15) is 40.0 Å². The molecule has 12 heavy (non-hydrogen) atoms. The van der Waals surface area contributed by atoms with Crippen LogP contribution < -0.4 is 0 Å². The third-order valence-corrected chi connectivity index (χ3v) is 2.53. The molecule has 0 N–H and O–H groups in total. The van der Waals surface area contributed by atoms with Gasteiger partial charge >= 0.3 is 0 Å². The van der Waals surface area contributed by atoms with E-state index in [1.165, 1.54) is 5.57 Å². The van der Waals surface area contributed by atoms with Gasteiger partial charge in [0, 0.05) is 12.8 Å². The predicted octanol–water partition coefficient (Wildman–Crippen LogP) is 3.78. The van der Waals surface area contributed by atoms with Crippen LogP contribution in [0.15, 0.2) is 11.1 Å². The van der Waals surface area contributed by atoms with Gasteiger partial charge in [0.25, 0.3) is 5.92 Å². The number of alkyl halides is 2. The number of hydrogen-bond acceptors (Lipinski definition) is 0. The largest absolute Gasteiger partial charge is 0.252 e. The van der Waals surface area contributed by atoms with Crippen LogP contribution in [0.25, 0.3) is 0 Å². The summed E-state index contributed by atoms with van der Waals surface area (Å²) >= 11 is 0. The summed E-state index contributed by atoms with van der Waals surface area (Å²) in [5, 5.41) is 0. The molecular formula is C10H16F2. The molecular weight excluding hydrogens is 158 g/mol. The summed E-state index contributed by atoms with van der Waals surface area (Å²) in [5.41, 5.74) is 2.14. The first-order valence-corrected chi connectivity index (χ1v) is 4.49. The maximum Gasteiger partial charge on any atom is 0.252 e. The highest BCUT2D eigenvalue weighted by atomic mass is 19.3. The molecule has 0 atom stereocenters. The summed E-state index contributed by atoms with van der Waals surface area (Å²) in [7, 11) is 0. The number of allylic oxidation sites excluding steroid dienone is 2. The van der Waals surface area contributed by atoms with Crippen LogP contribution >= 0.6 is 0 Å². The van der Waals surface area contributed by atoms with E-state index in [0.29, 0.717) is 12.3 Å². The lowest BCUT2D eigenvalue weighted by molar-refractivity contribution is -0.0129. The van der Waals surface area contributed by atoms with E-state index in [4.69, 9.17) is 0 Å². The van der Waals surface area contributed by atoms with Crippen molar-refractivity contribution in [3.63, 3.8) is 0 Å². The lowest BCUT2D eigenvalue weighted by atomic mass is 9.84. The van der Waals surface area contributed by atoms with Crippen LogP contribution in [-0.2, 0) is 0 Å². The van der Waals surface area contributed by atoms with Gasteiger partial charge in [-0.2, -0.15) is 0 Å². The Morgan fingerprint density at radius 3 is 2.33 bits per heavy atom. The Labute approximate surface area is 72.7 Å². The minimum Gasteiger partial charge on any atom is -0.207 e. The fourth-order valence-electron chi connectivity index (χ4n) is 1.90. The molecule has 1 aliphatic carbocycles. The van der Waals surface area contributed by atoms with E-state index in [2.05, 4.69) is 13.8 Å². The molecule has 0 bridgehead atoms. The van der Waals surface area contributed by atoms with Crippen LogP contribution in [0.2, 0.25) is 0 Å². The third-order valence-electron chi connectivity index (χ3n) is 2.53. The molecule has 0 aromatic heterocycles. The number of halogens is 2. The highest BCUT2D eigenvalue weighted by molar-refractivity contribution is 5.19. The van der Waals surface area contributed by atoms with E-state index in [1.54, 1.807) is 0 Å². The van der Waals surface area contributed by atoms with Gasteiger partial charge in [0.1, 0.15) is 0 Å². The van der Waals surface area contributed by atoms with E-state index < -0.39 is 5.92 Å². The van der Waals surface area contributed by atoms with E-state index in [9.17, 15) is 8.78 Å². The summed E-state index contributed by atoms with van der Waals surface area (Å²) in [6.45, 7) is 5.98. The van der Waals surface area contributed by atoms with E-state index in [-0.39, 0.29) is 12.8 Å². The van der Waals surface area contributed by atoms with Crippen molar-refractivity contribution in [1.29, 1.82) is 0 Å². The zero-order valence-electron chi connectivity index (χ0n) is 7.95. The Morgan fingerprint density at radius 2 is 1.92 bits per heavy atom. The lowest BCUT2D eigenvalue weighted by Crippen LogP contribution is -2.22. The fraction of sp³-hybridized carbons (Fsp3) is 0.800. The van der Waals surface area contributed by atoms with Gasteiger partial charge in [-0.05, 0) is 19.3 Å². The monoisotopic (exact) mass is 174 g/mol. The van der Waals surface area contributed by atoms with Gasteiger partial charge in [-0.1, -0.05) is 25.0 Å². The number of hydrogen-bond donors (Lipinski definition) is 0. The molecule has 70 valence electrons. The molecule has 0 heterocycles. The summed E-state index contributed by atoms with van der Waals surface area (Å²) in [4.78, 5) is 0. The van der Waals surface area contributed by atoms with Crippen molar-refractivity contribution < 1.29 is 8.78 Å². The molecule has 2 heteroatoms. The van der Waals surface area contributed by atoms with Gasteiger partial charge in [0.15, 0.2) is 0 Å². The standard InChI is InChI=1S/C10H16F2/c1-7(2)9-4-5-10(11,12)6-8(9)3/h7H,4-6H2,1-3H3. The molecule has 0 spiro atoms. The second-order valence-corrected chi connectivity index (χ2v) is 3.99. The van der Waals surface area contributed by atoms with Crippen LogP contribution in [0, 0.1) is 5.92 Å². The Bertz CT molecular complexity index is 202. The van der Waals surface area contributed by atoms with E-state index in [1.807, 2.05) is 6.92 Å². The molecule has 0 nitrogen and oxygen atoms in total. The third kappa shape index (κ3) is 2.05. The minimum atomic E-state index is -2.44. The van der Waals surface area contributed by atoms with Crippen molar-refractivity contribution in [2.24, 2.45) is 5.92 Å². The summed E-state index contributed by atoms with van der Waals surface area (Å²) in [6.07, 6.45) is 0.592. The molecule has 0 amide bonds. The highest BCUT2D eigenvalue weighted by Crippen LogP contribution is 2.38. The molecule has 0 aromatic rings. The Balaban J connectivity index is 2.78. The normalized spacial score (nSPS) is 23.5. The molecule has 0 saturated heterocycles. The van der Waals surface area contributed by atoms with Gasteiger partial charge in [-0.15, -0.1) is 0 Å². The summed E-state index contributed by atoms with van der Waals surface area (Å²) in [5.74, 6) is -2.01. The smallest absolute Gasteiger partial charge is 0.207 e. The van der Waals surface area contributed by atoms with E-state index >= 15 is 0 Å². The predicted molar refractivity (Wildman–Crippen MR) is 46.3 cm³/mol.